The SMILES string of the molecule is COc1ccc(C(=O)CCC(C(=O)c2ccc(OC)cc2)S(C)=O)cc1. The van der Waals surface area contributed by atoms with Gasteiger partial charge in [0.2, 0.25) is 0 Å². The zero-order valence-corrected chi connectivity index (χ0v) is 15.9. The summed E-state index contributed by atoms with van der Waals surface area (Å²) in [6.45, 7) is 0. The topological polar surface area (TPSA) is 69.7 Å². The first-order valence-corrected chi connectivity index (χ1v) is 9.76. The van der Waals surface area contributed by atoms with E-state index in [-0.39, 0.29) is 24.4 Å². The van der Waals surface area contributed by atoms with Crippen LogP contribution in [0.4, 0.5) is 0 Å². The van der Waals surface area contributed by atoms with Crippen molar-refractivity contribution < 1.29 is 23.3 Å². The molecule has 0 aliphatic carbocycles. The molecule has 0 aliphatic heterocycles. The molecule has 0 heterocycles. The van der Waals surface area contributed by atoms with Crippen LogP contribution in [0, 0.1) is 0 Å². The molecule has 0 aromatic heterocycles. The normalized spacial score (nSPS) is 12.9. The van der Waals surface area contributed by atoms with Crippen LogP contribution in [-0.2, 0) is 10.8 Å². The van der Waals surface area contributed by atoms with E-state index in [0.717, 1.165) is 0 Å². The molecular weight excluding hydrogens is 352 g/mol. The number of methoxy groups -OCH3 is 2. The fraction of sp³-hybridized carbons (Fsp3) is 0.300. The molecule has 2 aromatic rings. The number of carbonyl (C=O) groups excluding carboxylic acids is 2. The van der Waals surface area contributed by atoms with Gasteiger partial charge in [0.25, 0.3) is 0 Å². The van der Waals surface area contributed by atoms with Gasteiger partial charge in [0.15, 0.2) is 11.6 Å². The zero-order chi connectivity index (χ0) is 19.1. The third-order valence-corrected chi connectivity index (χ3v) is 5.36. The van der Waals surface area contributed by atoms with Gasteiger partial charge in [-0.3, -0.25) is 13.8 Å². The minimum absolute atomic E-state index is 0.0920. The van der Waals surface area contributed by atoms with Gasteiger partial charge in [0.1, 0.15) is 11.5 Å². The number of hydrogen-bond acceptors (Lipinski definition) is 5. The minimum atomic E-state index is -1.37. The highest BCUT2D eigenvalue weighted by Crippen LogP contribution is 2.19. The Morgan fingerprint density at radius 2 is 1.35 bits per heavy atom. The smallest absolute Gasteiger partial charge is 0.178 e. The maximum Gasteiger partial charge on any atom is 0.178 e. The van der Waals surface area contributed by atoms with Gasteiger partial charge in [-0.05, 0) is 55.0 Å². The van der Waals surface area contributed by atoms with Crippen molar-refractivity contribution in [2.45, 2.75) is 18.1 Å². The fourth-order valence-electron chi connectivity index (χ4n) is 2.57. The van der Waals surface area contributed by atoms with E-state index in [1.807, 2.05) is 0 Å². The molecule has 0 saturated carbocycles. The molecule has 0 aliphatic rings. The predicted molar refractivity (Wildman–Crippen MR) is 102 cm³/mol. The second-order valence-corrected chi connectivity index (χ2v) is 7.34. The maximum absolute atomic E-state index is 12.7. The molecule has 2 rings (SSSR count). The maximum atomic E-state index is 12.7. The molecule has 2 unspecified atom stereocenters. The molecule has 0 bridgehead atoms. The fourth-order valence-corrected chi connectivity index (χ4v) is 3.46. The van der Waals surface area contributed by atoms with E-state index in [4.69, 9.17) is 9.47 Å². The van der Waals surface area contributed by atoms with Crippen molar-refractivity contribution in [3.05, 3.63) is 59.7 Å². The largest absolute Gasteiger partial charge is 0.497 e. The Morgan fingerprint density at radius 3 is 1.77 bits per heavy atom. The van der Waals surface area contributed by atoms with Crippen LogP contribution in [0.15, 0.2) is 48.5 Å². The Hall–Kier alpha value is -2.47. The van der Waals surface area contributed by atoms with Crippen LogP contribution in [0.2, 0.25) is 0 Å². The highest BCUT2D eigenvalue weighted by atomic mass is 32.2. The van der Waals surface area contributed by atoms with Crippen molar-refractivity contribution >= 4 is 22.4 Å². The summed E-state index contributed by atoms with van der Waals surface area (Å²) < 4.78 is 22.2. The van der Waals surface area contributed by atoms with Crippen molar-refractivity contribution in [1.82, 2.24) is 0 Å². The van der Waals surface area contributed by atoms with E-state index in [1.165, 1.54) is 6.26 Å². The van der Waals surface area contributed by atoms with Crippen molar-refractivity contribution in [1.29, 1.82) is 0 Å². The molecule has 0 radical (unpaired) electrons. The van der Waals surface area contributed by atoms with E-state index in [2.05, 4.69) is 0 Å². The lowest BCUT2D eigenvalue weighted by Crippen LogP contribution is -2.26. The van der Waals surface area contributed by atoms with E-state index < -0.39 is 16.0 Å². The second kappa shape index (κ2) is 9.29. The summed E-state index contributed by atoms with van der Waals surface area (Å²) in [7, 11) is 1.73. The minimum Gasteiger partial charge on any atom is -0.497 e. The molecule has 5 nitrogen and oxygen atoms in total. The van der Waals surface area contributed by atoms with Crippen LogP contribution in [0.1, 0.15) is 33.6 Å². The molecule has 0 spiro atoms. The van der Waals surface area contributed by atoms with Gasteiger partial charge in [-0.25, -0.2) is 0 Å². The molecular formula is C20H22O5S. The monoisotopic (exact) mass is 374 g/mol. The van der Waals surface area contributed by atoms with Crippen molar-refractivity contribution in [2.24, 2.45) is 0 Å². The average Bonchev–Trinajstić information content (AvgIpc) is 2.67. The molecule has 2 atom stereocenters. The lowest BCUT2D eigenvalue weighted by Gasteiger charge is -2.13. The van der Waals surface area contributed by atoms with Gasteiger partial charge in [0, 0.05) is 34.6 Å². The number of benzene rings is 2. The molecule has 6 heteroatoms. The number of ether oxygens (including phenoxy) is 2. The average molecular weight is 374 g/mol. The summed E-state index contributed by atoms with van der Waals surface area (Å²) in [6.07, 6.45) is 1.88. The van der Waals surface area contributed by atoms with Gasteiger partial charge < -0.3 is 9.47 Å². The Morgan fingerprint density at radius 1 is 0.885 bits per heavy atom. The summed E-state index contributed by atoms with van der Waals surface area (Å²) in [5.74, 6) is 0.996. The highest BCUT2D eigenvalue weighted by molar-refractivity contribution is 7.85. The van der Waals surface area contributed by atoms with Gasteiger partial charge in [-0.15, -0.1) is 0 Å². The van der Waals surface area contributed by atoms with Gasteiger partial charge in [-0.1, -0.05) is 0 Å². The van der Waals surface area contributed by atoms with Crippen LogP contribution in [-0.4, -0.2) is 41.5 Å². The zero-order valence-electron chi connectivity index (χ0n) is 15.1. The van der Waals surface area contributed by atoms with Crippen LogP contribution in [0.3, 0.4) is 0 Å². The first-order chi connectivity index (χ1) is 12.5. The first-order valence-electron chi connectivity index (χ1n) is 8.14. The van der Waals surface area contributed by atoms with Gasteiger partial charge >= 0.3 is 0 Å². The summed E-state index contributed by atoms with van der Waals surface area (Å²) >= 11 is 0. The third kappa shape index (κ3) is 5.02. The number of ketones is 2. The quantitative estimate of drug-likeness (QED) is 0.630. The van der Waals surface area contributed by atoms with Gasteiger partial charge in [0.05, 0.1) is 19.5 Å². The second-order valence-electron chi connectivity index (χ2n) is 5.77. The highest BCUT2D eigenvalue weighted by Gasteiger charge is 2.25. The predicted octanol–water partition coefficient (Wildman–Crippen LogP) is 3.30. The van der Waals surface area contributed by atoms with Crippen LogP contribution in [0.5, 0.6) is 11.5 Å². The summed E-state index contributed by atoms with van der Waals surface area (Å²) in [5, 5.41) is -0.717. The van der Waals surface area contributed by atoms with Crippen LogP contribution < -0.4 is 9.47 Å². The van der Waals surface area contributed by atoms with Crippen molar-refractivity contribution in [2.75, 3.05) is 20.5 Å². The summed E-state index contributed by atoms with van der Waals surface area (Å²) in [6, 6.07) is 13.5. The van der Waals surface area contributed by atoms with Gasteiger partial charge in [-0.2, -0.15) is 0 Å². The van der Waals surface area contributed by atoms with E-state index in [9.17, 15) is 13.8 Å². The molecule has 0 fully saturated rings. The lowest BCUT2D eigenvalue weighted by atomic mass is 10.0. The number of rotatable bonds is 9. The van der Waals surface area contributed by atoms with Crippen LogP contribution >= 0.6 is 0 Å². The molecule has 138 valence electrons. The standard InChI is InChI=1S/C20H22O5S/c1-24-16-8-4-14(5-9-16)18(21)12-13-19(26(3)23)20(22)15-6-10-17(25-2)11-7-15/h4-11,19H,12-13H2,1-3H3. The number of Topliss-reactive ketones (excluding diaryl/α,β-unsaturated/α-hetero) is 2. The summed E-state index contributed by atoms with van der Waals surface area (Å²) in [4.78, 5) is 25.0. The molecule has 26 heavy (non-hydrogen) atoms. The summed E-state index contributed by atoms with van der Waals surface area (Å²) in [5.41, 5.74) is 1.01. The third-order valence-electron chi connectivity index (χ3n) is 4.11. The molecule has 0 amide bonds. The number of carbonyl (C=O) groups is 2. The molecule has 0 N–H and O–H groups in total. The van der Waals surface area contributed by atoms with E-state index >= 15 is 0 Å². The molecule has 2 aromatic carbocycles. The Balaban J connectivity index is 2.05. The Labute approximate surface area is 155 Å². The van der Waals surface area contributed by atoms with E-state index in [1.54, 1.807) is 62.8 Å². The molecule has 0 saturated heterocycles. The lowest BCUT2D eigenvalue weighted by molar-refractivity contribution is 0.0961. The van der Waals surface area contributed by atoms with Crippen LogP contribution in [0.25, 0.3) is 0 Å². The Kier molecular flexibility index (Phi) is 7.09. The Bertz CT molecular complexity index is 781. The number of hydrogen-bond donors (Lipinski definition) is 0. The van der Waals surface area contributed by atoms with Crippen molar-refractivity contribution in [3.63, 3.8) is 0 Å². The van der Waals surface area contributed by atoms with Crippen molar-refractivity contribution in [3.8, 4) is 11.5 Å². The first kappa shape index (κ1) is 19.8. The van der Waals surface area contributed by atoms with E-state index in [0.29, 0.717) is 22.6 Å².